The standard InChI is InChI=1S/C15H24N6O4/c1-15(24)11(23)9(6-22)25-14(15)21-8-19-10-12(17-7-18-13(10)21)20(3)5-4-16-2/h7-9,11,14,16,22-24H,4-6H2,1-3H3/t9-,11-,14?,15-/m1/s1. The summed E-state index contributed by atoms with van der Waals surface area (Å²) >= 11 is 0. The van der Waals surface area contributed by atoms with E-state index in [0.29, 0.717) is 17.0 Å². The summed E-state index contributed by atoms with van der Waals surface area (Å²) in [6.45, 7) is 2.59. The van der Waals surface area contributed by atoms with Crippen LogP contribution in [0.5, 0.6) is 0 Å². The van der Waals surface area contributed by atoms with Crippen LogP contribution in [0.4, 0.5) is 5.82 Å². The van der Waals surface area contributed by atoms with Gasteiger partial charge in [-0.15, -0.1) is 0 Å². The van der Waals surface area contributed by atoms with Crippen molar-refractivity contribution in [2.24, 2.45) is 0 Å². The number of nitrogens with zero attached hydrogens (tertiary/aromatic N) is 5. The Morgan fingerprint density at radius 1 is 1.40 bits per heavy atom. The number of ether oxygens (including phenoxy) is 1. The lowest BCUT2D eigenvalue weighted by Gasteiger charge is -2.27. The van der Waals surface area contributed by atoms with Crippen molar-refractivity contribution in [2.75, 3.05) is 38.7 Å². The molecule has 0 bridgehead atoms. The molecule has 1 saturated heterocycles. The minimum atomic E-state index is -1.59. The number of aliphatic hydroxyl groups excluding tert-OH is 2. The quantitative estimate of drug-likeness (QED) is 0.490. The zero-order chi connectivity index (χ0) is 18.2. The number of likely N-dealkylation sites (N-methyl/N-ethyl adjacent to an activating group) is 2. The zero-order valence-electron chi connectivity index (χ0n) is 14.5. The second kappa shape index (κ2) is 6.81. The molecular weight excluding hydrogens is 328 g/mol. The first-order valence-electron chi connectivity index (χ1n) is 8.11. The summed E-state index contributed by atoms with van der Waals surface area (Å²) < 4.78 is 7.21. The predicted octanol–water partition coefficient (Wildman–Crippen LogP) is -1.52. The molecule has 2 aromatic heterocycles. The Labute approximate surface area is 145 Å². The second-order valence-electron chi connectivity index (χ2n) is 6.43. The largest absolute Gasteiger partial charge is 0.394 e. The summed E-state index contributed by atoms with van der Waals surface area (Å²) in [6, 6.07) is 0. The average molecular weight is 352 g/mol. The van der Waals surface area contributed by atoms with Crippen molar-refractivity contribution in [3.05, 3.63) is 12.7 Å². The monoisotopic (exact) mass is 352 g/mol. The Bertz CT molecular complexity index is 736. The third-order valence-corrected chi connectivity index (χ3v) is 4.59. The lowest BCUT2D eigenvalue weighted by molar-refractivity contribution is -0.0950. The Kier molecular flexibility index (Phi) is 4.89. The second-order valence-corrected chi connectivity index (χ2v) is 6.43. The molecule has 2 aromatic rings. The topological polar surface area (TPSA) is 129 Å². The van der Waals surface area contributed by atoms with Gasteiger partial charge in [-0.3, -0.25) is 4.57 Å². The first kappa shape index (κ1) is 18.0. The first-order valence-corrected chi connectivity index (χ1v) is 8.11. The molecule has 0 saturated carbocycles. The van der Waals surface area contributed by atoms with E-state index in [4.69, 9.17) is 4.74 Å². The number of hydrogen-bond donors (Lipinski definition) is 4. The molecule has 0 amide bonds. The molecule has 1 aliphatic heterocycles. The van der Waals surface area contributed by atoms with Crippen molar-refractivity contribution in [3.63, 3.8) is 0 Å². The van der Waals surface area contributed by atoms with E-state index >= 15 is 0 Å². The molecule has 0 spiro atoms. The van der Waals surface area contributed by atoms with Gasteiger partial charge in [0.25, 0.3) is 0 Å². The van der Waals surface area contributed by atoms with Crippen LogP contribution in [-0.2, 0) is 4.74 Å². The van der Waals surface area contributed by atoms with Gasteiger partial charge in [0.15, 0.2) is 23.2 Å². The van der Waals surface area contributed by atoms with E-state index in [1.54, 1.807) is 4.57 Å². The van der Waals surface area contributed by atoms with Crippen molar-refractivity contribution < 1.29 is 20.1 Å². The Morgan fingerprint density at radius 3 is 2.80 bits per heavy atom. The smallest absolute Gasteiger partial charge is 0.168 e. The van der Waals surface area contributed by atoms with E-state index in [9.17, 15) is 15.3 Å². The molecule has 138 valence electrons. The number of fused-ring (bicyclic) bond motifs is 1. The third-order valence-electron chi connectivity index (χ3n) is 4.59. The fourth-order valence-electron chi connectivity index (χ4n) is 3.07. The van der Waals surface area contributed by atoms with E-state index < -0.39 is 30.6 Å². The molecule has 10 nitrogen and oxygen atoms in total. The number of nitrogens with one attached hydrogen (secondary N) is 1. The van der Waals surface area contributed by atoms with E-state index in [2.05, 4.69) is 20.3 Å². The molecule has 1 aliphatic rings. The molecule has 0 aliphatic carbocycles. The van der Waals surface area contributed by atoms with Gasteiger partial charge in [-0.05, 0) is 14.0 Å². The lowest BCUT2D eigenvalue weighted by atomic mass is 9.96. The van der Waals surface area contributed by atoms with Crippen LogP contribution in [-0.4, -0.2) is 86.4 Å². The van der Waals surface area contributed by atoms with Crippen LogP contribution in [0.3, 0.4) is 0 Å². The molecule has 3 rings (SSSR count). The van der Waals surface area contributed by atoms with Gasteiger partial charge in [-0.25, -0.2) is 15.0 Å². The summed E-state index contributed by atoms with van der Waals surface area (Å²) in [5.74, 6) is 0.663. The molecule has 4 atom stereocenters. The van der Waals surface area contributed by atoms with Gasteiger partial charge in [0.2, 0.25) is 0 Å². The van der Waals surface area contributed by atoms with E-state index in [-0.39, 0.29) is 0 Å². The van der Waals surface area contributed by atoms with Crippen LogP contribution >= 0.6 is 0 Å². The van der Waals surface area contributed by atoms with Crippen LogP contribution < -0.4 is 10.2 Å². The molecule has 0 aromatic carbocycles. The highest BCUT2D eigenvalue weighted by molar-refractivity contribution is 5.83. The maximum atomic E-state index is 10.7. The Morgan fingerprint density at radius 2 is 2.16 bits per heavy atom. The molecule has 1 fully saturated rings. The minimum Gasteiger partial charge on any atom is -0.394 e. The van der Waals surface area contributed by atoms with Crippen molar-refractivity contribution in [3.8, 4) is 0 Å². The van der Waals surface area contributed by atoms with E-state index in [1.165, 1.54) is 19.6 Å². The fourth-order valence-corrected chi connectivity index (χ4v) is 3.07. The first-order chi connectivity index (χ1) is 11.9. The van der Waals surface area contributed by atoms with Gasteiger partial charge in [0, 0.05) is 20.1 Å². The van der Waals surface area contributed by atoms with Crippen LogP contribution in [0.1, 0.15) is 13.2 Å². The zero-order valence-corrected chi connectivity index (χ0v) is 14.5. The maximum Gasteiger partial charge on any atom is 0.168 e. The maximum absolute atomic E-state index is 10.7. The van der Waals surface area contributed by atoms with Gasteiger partial charge < -0.3 is 30.3 Å². The third kappa shape index (κ3) is 2.96. The highest BCUT2D eigenvalue weighted by Gasteiger charge is 2.53. The summed E-state index contributed by atoms with van der Waals surface area (Å²) in [7, 11) is 3.78. The number of hydrogen-bond acceptors (Lipinski definition) is 9. The normalized spacial score (nSPS) is 29.4. The van der Waals surface area contributed by atoms with E-state index in [0.717, 1.165) is 13.1 Å². The van der Waals surface area contributed by atoms with Gasteiger partial charge in [0.05, 0.1) is 12.9 Å². The van der Waals surface area contributed by atoms with Crippen LogP contribution in [0, 0.1) is 0 Å². The van der Waals surface area contributed by atoms with Crippen molar-refractivity contribution >= 4 is 17.0 Å². The highest BCUT2D eigenvalue weighted by Crippen LogP contribution is 2.39. The van der Waals surface area contributed by atoms with Gasteiger partial charge in [-0.2, -0.15) is 0 Å². The molecule has 0 radical (unpaired) electrons. The van der Waals surface area contributed by atoms with Crippen LogP contribution in [0.15, 0.2) is 12.7 Å². The highest BCUT2D eigenvalue weighted by atomic mass is 16.6. The molecule has 1 unspecified atom stereocenters. The van der Waals surface area contributed by atoms with Crippen LogP contribution in [0.25, 0.3) is 11.2 Å². The van der Waals surface area contributed by atoms with Gasteiger partial charge in [-0.1, -0.05) is 0 Å². The SMILES string of the molecule is CNCCN(C)c1ncnc2c1ncn2C1O[C@H](CO)[C@@H](O)[C@@]1(C)O. The molecule has 3 heterocycles. The number of imidazole rings is 1. The molecule has 10 heteroatoms. The van der Waals surface area contributed by atoms with Crippen molar-refractivity contribution in [1.82, 2.24) is 24.8 Å². The summed E-state index contributed by atoms with van der Waals surface area (Å²) in [5.41, 5.74) is -0.538. The number of rotatable bonds is 6. The van der Waals surface area contributed by atoms with Gasteiger partial charge >= 0.3 is 0 Å². The fraction of sp³-hybridized carbons (Fsp3) is 0.667. The Hall–Kier alpha value is -1.85. The summed E-state index contributed by atoms with van der Waals surface area (Å²) in [6.07, 6.45) is -0.0953. The Balaban J connectivity index is 1.99. The van der Waals surface area contributed by atoms with Crippen LogP contribution in [0.2, 0.25) is 0 Å². The number of aliphatic hydroxyl groups is 3. The molecule has 4 N–H and O–H groups in total. The van der Waals surface area contributed by atoms with E-state index in [1.807, 2.05) is 19.0 Å². The molecular formula is C15H24N6O4. The van der Waals surface area contributed by atoms with Crippen molar-refractivity contribution in [2.45, 2.75) is 31.0 Å². The predicted molar refractivity (Wildman–Crippen MR) is 90.1 cm³/mol. The summed E-state index contributed by atoms with van der Waals surface area (Å²) in [4.78, 5) is 14.9. The molecule has 25 heavy (non-hydrogen) atoms. The number of anilines is 1. The number of aromatic nitrogens is 4. The minimum absolute atomic E-state index is 0.395. The van der Waals surface area contributed by atoms with Crippen molar-refractivity contribution in [1.29, 1.82) is 0 Å². The lowest BCUT2D eigenvalue weighted by Crippen LogP contribution is -2.44. The van der Waals surface area contributed by atoms with Gasteiger partial charge in [0.1, 0.15) is 24.1 Å². The summed E-state index contributed by atoms with van der Waals surface area (Å²) in [5, 5.41) is 33.3. The average Bonchev–Trinajstić information content (AvgIpc) is 3.12.